The van der Waals surface area contributed by atoms with Gasteiger partial charge < -0.3 is 10.4 Å². The molecule has 1 aliphatic carbocycles. The summed E-state index contributed by atoms with van der Waals surface area (Å²) in [6.07, 6.45) is 1.46. The maximum absolute atomic E-state index is 11.5. The third-order valence-electron chi connectivity index (χ3n) is 2.66. The Kier molecular flexibility index (Phi) is 5.82. The van der Waals surface area contributed by atoms with Crippen LogP contribution in [0.15, 0.2) is 0 Å². The van der Waals surface area contributed by atoms with E-state index >= 15 is 0 Å². The summed E-state index contributed by atoms with van der Waals surface area (Å²) in [5.41, 5.74) is 0. The van der Waals surface area contributed by atoms with Crippen molar-refractivity contribution in [2.24, 2.45) is 17.8 Å². The number of carbonyl (C=O) groups excluding carboxylic acids is 1. The van der Waals surface area contributed by atoms with Gasteiger partial charge in [-0.25, -0.2) is 0 Å². The summed E-state index contributed by atoms with van der Waals surface area (Å²) in [5, 5.41) is 11.5. The zero-order chi connectivity index (χ0) is 12.8. The first-order valence-corrected chi connectivity index (χ1v) is 7.26. The monoisotopic (exact) mass is 259 g/mol. The normalized spacial score (nSPS) is 22.5. The molecule has 0 aromatic rings. The van der Waals surface area contributed by atoms with Gasteiger partial charge in [0.05, 0.1) is 11.8 Å². The third kappa shape index (κ3) is 5.44. The zero-order valence-electron chi connectivity index (χ0n) is 10.4. The fourth-order valence-corrected chi connectivity index (χ4v) is 2.58. The molecule has 0 aromatic heterocycles. The average Bonchev–Trinajstić information content (AvgIpc) is 3.02. The van der Waals surface area contributed by atoms with Gasteiger partial charge in [-0.05, 0) is 30.3 Å². The number of hydrogen-bond acceptors (Lipinski definition) is 3. The Balaban J connectivity index is 1.97. The number of thioether (sulfide) groups is 1. The summed E-state index contributed by atoms with van der Waals surface area (Å²) in [6, 6.07) is 0. The Bertz CT molecular complexity index is 281. The van der Waals surface area contributed by atoms with Gasteiger partial charge in [-0.1, -0.05) is 13.8 Å². The van der Waals surface area contributed by atoms with Crippen LogP contribution in [0.3, 0.4) is 0 Å². The largest absolute Gasteiger partial charge is 0.481 e. The SMILES string of the molecule is CC(C)CSCCCNC(=O)C1CC1C(=O)O. The molecule has 0 bridgehead atoms. The van der Waals surface area contributed by atoms with Crippen LogP contribution in [0.1, 0.15) is 26.7 Å². The predicted molar refractivity (Wildman–Crippen MR) is 69.0 cm³/mol. The fraction of sp³-hybridized carbons (Fsp3) is 0.833. The van der Waals surface area contributed by atoms with E-state index in [1.165, 1.54) is 0 Å². The van der Waals surface area contributed by atoms with Crippen LogP contribution in [-0.4, -0.2) is 35.0 Å². The van der Waals surface area contributed by atoms with Crippen molar-refractivity contribution >= 4 is 23.6 Å². The van der Waals surface area contributed by atoms with E-state index in [0.29, 0.717) is 18.9 Å². The van der Waals surface area contributed by atoms with Gasteiger partial charge in [0, 0.05) is 6.54 Å². The molecule has 2 N–H and O–H groups in total. The molecule has 98 valence electrons. The molecule has 5 heteroatoms. The van der Waals surface area contributed by atoms with Gasteiger partial charge in [-0.15, -0.1) is 0 Å². The van der Waals surface area contributed by atoms with Crippen molar-refractivity contribution in [3.8, 4) is 0 Å². The van der Waals surface area contributed by atoms with Gasteiger partial charge in [0.1, 0.15) is 0 Å². The highest BCUT2D eigenvalue weighted by Gasteiger charge is 2.48. The maximum Gasteiger partial charge on any atom is 0.307 e. The lowest BCUT2D eigenvalue weighted by Gasteiger charge is -2.05. The van der Waals surface area contributed by atoms with Crippen molar-refractivity contribution in [2.75, 3.05) is 18.1 Å². The molecule has 1 amide bonds. The highest BCUT2D eigenvalue weighted by Crippen LogP contribution is 2.38. The number of aliphatic carboxylic acids is 1. The van der Waals surface area contributed by atoms with Gasteiger partial charge in [-0.2, -0.15) is 11.8 Å². The van der Waals surface area contributed by atoms with E-state index < -0.39 is 11.9 Å². The van der Waals surface area contributed by atoms with Crippen LogP contribution in [0.4, 0.5) is 0 Å². The summed E-state index contributed by atoms with van der Waals surface area (Å²) in [6.45, 7) is 5.04. The minimum absolute atomic E-state index is 0.0914. The summed E-state index contributed by atoms with van der Waals surface area (Å²) < 4.78 is 0. The van der Waals surface area contributed by atoms with Gasteiger partial charge in [0.25, 0.3) is 0 Å². The van der Waals surface area contributed by atoms with Gasteiger partial charge in [-0.3, -0.25) is 9.59 Å². The van der Waals surface area contributed by atoms with Gasteiger partial charge in [0.15, 0.2) is 0 Å². The predicted octanol–water partition coefficient (Wildman–Crippen LogP) is 1.60. The molecule has 0 aromatic carbocycles. The Hall–Kier alpha value is -0.710. The highest BCUT2D eigenvalue weighted by atomic mass is 32.2. The molecule has 4 nitrogen and oxygen atoms in total. The Morgan fingerprint density at radius 1 is 1.41 bits per heavy atom. The van der Waals surface area contributed by atoms with Crippen molar-refractivity contribution in [3.63, 3.8) is 0 Å². The van der Waals surface area contributed by atoms with Crippen LogP contribution in [-0.2, 0) is 9.59 Å². The van der Waals surface area contributed by atoms with Crippen molar-refractivity contribution in [2.45, 2.75) is 26.7 Å². The zero-order valence-corrected chi connectivity index (χ0v) is 11.3. The lowest BCUT2D eigenvalue weighted by atomic mass is 10.3. The quantitative estimate of drug-likeness (QED) is 0.650. The minimum atomic E-state index is -0.849. The lowest BCUT2D eigenvalue weighted by Crippen LogP contribution is -2.27. The Labute approximate surface area is 107 Å². The van der Waals surface area contributed by atoms with E-state index in [9.17, 15) is 9.59 Å². The summed E-state index contributed by atoms with van der Waals surface area (Å²) >= 11 is 1.90. The number of nitrogens with one attached hydrogen (secondary N) is 1. The van der Waals surface area contributed by atoms with E-state index in [1.807, 2.05) is 11.8 Å². The van der Waals surface area contributed by atoms with Gasteiger partial charge in [0.2, 0.25) is 5.91 Å². The average molecular weight is 259 g/mol. The summed E-state index contributed by atoms with van der Waals surface area (Å²) in [7, 11) is 0. The number of carbonyl (C=O) groups is 2. The molecule has 1 saturated carbocycles. The van der Waals surface area contributed by atoms with Crippen LogP contribution >= 0.6 is 11.8 Å². The molecule has 0 saturated heterocycles. The molecule has 0 heterocycles. The fourth-order valence-electron chi connectivity index (χ4n) is 1.59. The summed E-state index contributed by atoms with van der Waals surface area (Å²) in [5.74, 6) is 1.24. The number of amides is 1. The van der Waals surface area contributed by atoms with Crippen LogP contribution < -0.4 is 5.32 Å². The maximum atomic E-state index is 11.5. The molecule has 1 aliphatic rings. The van der Waals surface area contributed by atoms with Crippen LogP contribution in [0, 0.1) is 17.8 Å². The first-order valence-electron chi connectivity index (χ1n) is 6.10. The smallest absolute Gasteiger partial charge is 0.307 e. The Morgan fingerprint density at radius 3 is 2.65 bits per heavy atom. The number of carboxylic acids is 1. The molecule has 17 heavy (non-hydrogen) atoms. The second-order valence-corrected chi connectivity index (χ2v) is 6.05. The second-order valence-electron chi connectivity index (χ2n) is 4.90. The number of hydrogen-bond donors (Lipinski definition) is 2. The second kappa shape index (κ2) is 6.89. The number of carboxylic acid groups (broad SMARTS) is 1. The van der Waals surface area contributed by atoms with Crippen molar-refractivity contribution in [3.05, 3.63) is 0 Å². The Morgan fingerprint density at radius 2 is 2.12 bits per heavy atom. The molecular weight excluding hydrogens is 238 g/mol. The van der Waals surface area contributed by atoms with E-state index in [1.54, 1.807) is 0 Å². The van der Waals surface area contributed by atoms with Crippen LogP contribution in [0.5, 0.6) is 0 Å². The number of rotatable bonds is 8. The molecule has 0 radical (unpaired) electrons. The van der Waals surface area contributed by atoms with Gasteiger partial charge >= 0.3 is 5.97 Å². The highest BCUT2D eigenvalue weighted by molar-refractivity contribution is 7.99. The lowest BCUT2D eigenvalue weighted by molar-refractivity contribution is -0.140. The third-order valence-corrected chi connectivity index (χ3v) is 4.14. The van der Waals surface area contributed by atoms with Crippen molar-refractivity contribution < 1.29 is 14.7 Å². The minimum Gasteiger partial charge on any atom is -0.481 e. The molecule has 1 rings (SSSR count). The standard InChI is InChI=1S/C12H21NO3S/c1-8(2)7-17-5-3-4-13-11(14)9-6-10(9)12(15)16/h8-10H,3-7H2,1-2H3,(H,13,14)(H,15,16). The van der Waals surface area contributed by atoms with Crippen LogP contribution in [0.2, 0.25) is 0 Å². The van der Waals surface area contributed by atoms with Crippen LogP contribution in [0.25, 0.3) is 0 Å². The molecule has 2 unspecified atom stereocenters. The molecule has 2 atom stereocenters. The first kappa shape index (κ1) is 14.4. The van der Waals surface area contributed by atoms with E-state index in [4.69, 9.17) is 5.11 Å². The molecule has 1 fully saturated rings. The molecule has 0 aliphatic heterocycles. The van der Waals surface area contributed by atoms with E-state index in [2.05, 4.69) is 19.2 Å². The summed E-state index contributed by atoms with van der Waals surface area (Å²) in [4.78, 5) is 22.1. The molecular formula is C12H21NO3S. The molecule has 0 spiro atoms. The van der Waals surface area contributed by atoms with E-state index in [0.717, 1.165) is 17.9 Å². The van der Waals surface area contributed by atoms with E-state index in [-0.39, 0.29) is 11.8 Å². The van der Waals surface area contributed by atoms with Crippen molar-refractivity contribution in [1.82, 2.24) is 5.32 Å². The topological polar surface area (TPSA) is 66.4 Å². The first-order chi connectivity index (χ1) is 8.02. The van der Waals surface area contributed by atoms with Crippen molar-refractivity contribution in [1.29, 1.82) is 0 Å².